The van der Waals surface area contributed by atoms with Crippen molar-refractivity contribution in [3.63, 3.8) is 0 Å². The average Bonchev–Trinajstić information content (AvgIpc) is 2.87. The van der Waals surface area contributed by atoms with E-state index in [9.17, 15) is 0 Å². The predicted octanol–water partition coefficient (Wildman–Crippen LogP) is 4.24. The highest BCUT2D eigenvalue weighted by molar-refractivity contribution is 5.82. The fraction of sp³-hybridized carbons (Fsp3) is 0.176. The van der Waals surface area contributed by atoms with Gasteiger partial charge >= 0.3 is 0 Å². The molecule has 18 heavy (non-hydrogen) atoms. The lowest BCUT2D eigenvalue weighted by Gasteiger charge is -2.12. The highest BCUT2D eigenvalue weighted by Crippen LogP contribution is 2.34. The summed E-state index contributed by atoms with van der Waals surface area (Å²) in [6, 6.07) is 12.8. The van der Waals surface area contributed by atoms with Crippen molar-refractivity contribution in [3.8, 4) is 16.9 Å². The molecule has 0 atom stereocenters. The normalized spacial score (nSPS) is 12.6. The van der Waals surface area contributed by atoms with Gasteiger partial charge in [0, 0.05) is 0 Å². The first-order valence-corrected chi connectivity index (χ1v) is 6.23. The molecule has 2 aromatic carbocycles. The van der Waals surface area contributed by atoms with Crippen molar-refractivity contribution in [1.82, 2.24) is 0 Å². The highest BCUT2D eigenvalue weighted by atomic mass is 16.5. The van der Waals surface area contributed by atoms with Gasteiger partial charge in [0.25, 0.3) is 0 Å². The third-order valence-corrected chi connectivity index (χ3v) is 3.55. The number of hydrogen-bond acceptors (Lipinski definition) is 1. The van der Waals surface area contributed by atoms with Crippen molar-refractivity contribution < 1.29 is 4.74 Å². The summed E-state index contributed by atoms with van der Waals surface area (Å²) >= 11 is 0. The summed E-state index contributed by atoms with van der Waals surface area (Å²) < 4.78 is 5.21. The second kappa shape index (κ2) is 4.34. The van der Waals surface area contributed by atoms with Crippen LogP contribution in [0.2, 0.25) is 0 Å². The third kappa shape index (κ3) is 1.72. The number of aryl methyl sites for hydroxylation is 1. The van der Waals surface area contributed by atoms with E-state index in [0.717, 1.165) is 12.2 Å². The molecule has 0 saturated heterocycles. The van der Waals surface area contributed by atoms with Gasteiger partial charge in [0.2, 0.25) is 0 Å². The Hall–Kier alpha value is -2.02. The van der Waals surface area contributed by atoms with Crippen LogP contribution < -0.4 is 4.74 Å². The molecule has 3 rings (SSSR count). The Morgan fingerprint density at radius 3 is 2.50 bits per heavy atom. The lowest BCUT2D eigenvalue weighted by molar-refractivity contribution is 0.415. The fourth-order valence-electron chi connectivity index (χ4n) is 2.58. The van der Waals surface area contributed by atoms with Gasteiger partial charge in [0.1, 0.15) is 5.75 Å². The quantitative estimate of drug-likeness (QED) is 0.757. The smallest absolute Gasteiger partial charge is 0.118 e. The summed E-state index contributed by atoms with van der Waals surface area (Å²) in [5.74, 6) is 0.902. The Kier molecular flexibility index (Phi) is 2.67. The Bertz CT molecular complexity index is 606. The van der Waals surface area contributed by atoms with Crippen LogP contribution in [0.4, 0.5) is 0 Å². The minimum absolute atomic E-state index is 0.902. The zero-order chi connectivity index (χ0) is 12.5. The topological polar surface area (TPSA) is 9.23 Å². The number of methoxy groups -OCH3 is 1. The number of ether oxygens (including phenoxy) is 1. The first kappa shape index (κ1) is 11.1. The van der Waals surface area contributed by atoms with E-state index in [1.807, 2.05) is 12.1 Å². The van der Waals surface area contributed by atoms with Crippen molar-refractivity contribution in [1.29, 1.82) is 0 Å². The van der Waals surface area contributed by atoms with Crippen molar-refractivity contribution in [2.75, 3.05) is 7.11 Å². The summed E-state index contributed by atoms with van der Waals surface area (Å²) in [5.41, 5.74) is 6.73. The van der Waals surface area contributed by atoms with Crippen molar-refractivity contribution >= 4 is 6.08 Å². The van der Waals surface area contributed by atoms with Crippen LogP contribution >= 0.6 is 0 Å². The van der Waals surface area contributed by atoms with Gasteiger partial charge in [-0.2, -0.15) is 0 Å². The molecule has 0 spiro atoms. The fourth-order valence-corrected chi connectivity index (χ4v) is 2.58. The van der Waals surface area contributed by atoms with Crippen LogP contribution in [0, 0.1) is 6.92 Å². The molecule has 0 heterocycles. The van der Waals surface area contributed by atoms with Crippen LogP contribution in [-0.4, -0.2) is 7.11 Å². The molecule has 1 nitrogen and oxygen atoms in total. The largest absolute Gasteiger partial charge is 0.497 e. The lowest BCUT2D eigenvalue weighted by atomic mass is 9.93. The molecule has 1 aliphatic rings. The molecule has 1 aliphatic carbocycles. The van der Waals surface area contributed by atoms with E-state index in [-0.39, 0.29) is 0 Å². The summed E-state index contributed by atoms with van der Waals surface area (Å²) in [4.78, 5) is 0. The summed E-state index contributed by atoms with van der Waals surface area (Å²) in [7, 11) is 1.70. The molecular formula is C17H16O. The zero-order valence-corrected chi connectivity index (χ0v) is 10.7. The molecule has 0 unspecified atom stereocenters. The maximum atomic E-state index is 5.21. The summed E-state index contributed by atoms with van der Waals surface area (Å²) in [6.07, 6.45) is 5.53. The van der Waals surface area contributed by atoms with Crippen LogP contribution in [-0.2, 0) is 6.42 Å². The van der Waals surface area contributed by atoms with Crippen molar-refractivity contribution in [2.24, 2.45) is 0 Å². The minimum atomic E-state index is 0.902. The van der Waals surface area contributed by atoms with E-state index >= 15 is 0 Å². The van der Waals surface area contributed by atoms with Gasteiger partial charge in [-0.15, -0.1) is 0 Å². The average molecular weight is 236 g/mol. The van der Waals surface area contributed by atoms with E-state index in [0.29, 0.717) is 0 Å². The zero-order valence-electron chi connectivity index (χ0n) is 10.7. The van der Waals surface area contributed by atoms with Crippen LogP contribution in [0.1, 0.15) is 16.7 Å². The standard InChI is InChI=1S/C17H16O/c1-12-6-7-13-4-3-5-16(13)17(12)14-8-10-15(18-2)11-9-14/h3,5-11H,4H2,1-2H3. The van der Waals surface area contributed by atoms with E-state index in [4.69, 9.17) is 4.74 Å². The van der Waals surface area contributed by atoms with E-state index < -0.39 is 0 Å². The van der Waals surface area contributed by atoms with Gasteiger partial charge in [0.15, 0.2) is 0 Å². The summed E-state index contributed by atoms with van der Waals surface area (Å²) in [6.45, 7) is 2.17. The van der Waals surface area contributed by atoms with E-state index in [1.54, 1.807) is 7.11 Å². The molecule has 0 amide bonds. The van der Waals surface area contributed by atoms with Crippen LogP contribution in [0.5, 0.6) is 5.75 Å². The van der Waals surface area contributed by atoms with Crippen LogP contribution in [0.25, 0.3) is 17.2 Å². The van der Waals surface area contributed by atoms with E-state index in [2.05, 4.69) is 43.3 Å². The Morgan fingerprint density at radius 2 is 1.78 bits per heavy atom. The number of allylic oxidation sites excluding steroid dienone is 1. The second-order valence-corrected chi connectivity index (χ2v) is 4.67. The molecule has 0 aromatic heterocycles. The molecule has 1 heteroatoms. The second-order valence-electron chi connectivity index (χ2n) is 4.67. The molecule has 0 saturated carbocycles. The molecule has 0 N–H and O–H groups in total. The third-order valence-electron chi connectivity index (χ3n) is 3.55. The lowest BCUT2D eigenvalue weighted by Crippen LogP contribution is -1.91. The van der Waals surface area contributed by atoms with Gasteiger partial charge in [-0.1, -0.05) is 36.4 Å². The van der Waals surface area contributed by atoms with Gasteiger partial charge in [-0.25, -0.2) is 0 Å². The molecule has 0 radical (unpaired) electrons. The predicted molar refractivity (Wildman–Crippen MR) is 75.9 cm³/mol. The summed E-state index contributed by atoms with van der Waals surface area (Å²) in [5, 5.41) is 0. The molecule has 90 valence electrons. The van der Waals surface area contributed by atoms with Crippen LogP contribution in [0.3, 0.4) is 0 Å². The molecule has 0 fully saturated rings. The van der Waals surface area contributed by atoms with Crippen molar-refractivity contribution in [3.05, 3.63) is 59.2 Å². The Balaban J connectivity index is 2.16. The van der Waals surface area contributed by atoms with Gasteiger partial charge < -0.3 is 4.74 Å². The molecular weight excluding hydrogens is 220 g/mol. The maximum Gasteiger partial charge on any atom is 0.118 e. The van der Waals surface area contributed by atoms with Gasteiger partial charge in [-0.05, 0) is 53.3 Å². The minimum Gasteiger partial charge on any atom is -0.497 e. The van der Waals surface area contributed by atoms with E-state index in [1.165, 1.54) is 27.8 Å². The Morgan fingerprint density at radius 1 is 1.00 bits per heavy atom. The Labute approximate surface area is 108 Å². The monoisotopic (exact) mass is 236 g/mol. The molecule has 2 aromatic rings. The van der Waals surface area contributed by atoms with Gasteiger partial charge in [0.05, 0.1) is 7.11 Å². The SMILES string of the molecule is COc1ccc(-c2c(C)ccc3c2C=CC3)cc1. The molecule has 0 bridgehead atoms. The maximum absolute atomic E-state index is 5.21. The number of fused-ring (bicyclic) bond motifs is 1. The number of benzene rings is 2. The number of rotatable bonds is 2. The first-order valence-electron chi connectivity index (χ1n) is 6.23. The first-order chi connectivity index (χ1) is 8.79. The highest BCUT2D eigenvalue weighted by Gasteiger charge is 2.13. The number of hydrogen-bond donors (Lipinski definition) is 0. The van der Waals surface area contributed by atoms with Gasteiger partial charge in [-0.3, -0.25) is 0 Å². The van der Waals surface area contributed by atoms with Crippen molar-refractivity contribution in [2.45, 2.75) is 13.3 Å². The molecule has 0 aliphatic heterocycles. The van der Waals surface area contributed by atoms with Crippen LogP contribution in [0.15, 0.2) is 42.5 Å².